The van der Waals surface area contributed by atoms with Crippen LogP contribution in [-0.4, -0.2) is 28.2 Å². The zero-order valence-corrected chi connectivity index (χ0v) is 32.1. The van der Waals surface area contributed by atoms with Gasteiger partial charge < -0.3 is 10.1 Å². The van der Waals surface area contributed by atoms with E-state index in [0.717, 1.165) is 73.5 Å². The van der Waals surface area contributed by atoms with Gasteiger partial charge in [-0.05, 0) is 64.3 Å². The zero-order chi connectivity index (χ0) is 35.7. The standard InChI is InChI=1S/C47H32N4O2.Zn/c52-42(53)28-21-34-29-41-45(32-17-9-3-10-18-32)39-25-24-37(49-39)43(30-13-5-1-6-14-30)35-22-23-36(48-35)44(31-15-7-2-8-16-31)38-26-27-40(50-38)46(47(34)51-41)33-19-11-4-12-20-33;/h1-29,43H,(H2,48,49,50,51,52,53);/p-1/b28-21+;. The van der Waals surface area contributed by atoms with Crippen LogP contribution >= 0.6 is 0 Å². The van der Waals surface area contributed by atoms with Gasteiger partial charge in [0.15, 0.2) is 0 Å². The SMILES string of the molecule is O=C(O)/C=C/C1=CC2=NC1=C(c1ccccc1)C1=NC(=C(c3ccccc3)c3ccc([n-]3)C(c3ccccc3)C3=NC(=C2c2ccccc2)C=C3)C=C1.[Zn]. The first-order chi connectivity index (χ1) is 26.1. The third kappa shape index (κ3) is 6.51. The molecule has 1 atom stereocenters. The van der Waals surface area contributed by atoms with Crippen molar-refractivity contribution in [3.8, 4) is 0 Å². The maximum Gasteiger partial charge on any atom is 0.328 e. The molecule has 6 nitrogen and oxygen atoms in total. The minimum Gasteiger partial charge on any atom is -0.660 e. The van der Waals surface area contributed by atoms with Gasteiger partial charge in [-0.2, -0.15) is 0 Å². The van der Waals surface area contributed by atoms with Crippen molar-refractivity contribution in [1.82, 2.24) is 4.98 Å². The fourth-order valence-electron chi connectivity index (χ4n) is 7.26. The van der Waals surface area contributed by atoms with Crippen LogP contribution in [0.2, 0.25) is 0 Å². The van der Waals surface area contributed by atoms with Crippen LogP contribution in [0.25, 0.3) is 16.7 Å². The van der Waals surface area contributed by atoms with Crippen molar-refractivity contribution in [2.45, 2.75) is 5.92 Å². The normalized spacial score (nSPS) is 17.4. The fourth-order valence-corrected chi connectivity index (χ4v) is 7.26. The van der Waals surface area contributed by atoms with Crippen molar-refractivity contribution in [1.29, 1.82) is 0 Å². The molecule has 0 fully saturated rings. The summed E-state index contributed by atoms with van der Waals surface area (Å²) in [5.74, 6) is -1.28. The summed E-state index contributed by atoms with van der Waals surface area (Å²) in [5, 5.41) is 9.75. The molecule has 254 valence electrons. The quantitative estimate of drug-likeness (QED) is 0.139. The monoisotopic (exact) mass is 747 g/mol. The predicted octanol–water partition coefficient (Wildman–Crippen LogP) is 9.41. The molecule has 7 heteroatoms. The van der Waals surface area contributed by atoms with Gasteiger partial charge in [0.05, 0.1) is 34.2 Å². The minimum atomic E-state index is -1.04. The van der Waals surface area contributed by atoms with E-state index in [2.05, 4.69) is 54.6 Å². The van der Waals surface area contributed by atoms with E-state index in [1.165, 1.54) is 0 Å². The second kappa shape index (κ2) is 14.8. The van der Waals surface area contributed by atoms with E-state index in [4.69, 9.17) is 20.0 Å². The van der Waals surface area contributed by atoms with E-state index >= 15 is 0 Å². The number of aromatic nitrogens is 1. The maximum atomic E-state index is 11.9. The molecule has 0 saturated heterocycles. The number of hydrogen-bond acceptors (Lipinski definition) is 4. The number of nitrogens with zero attached hydrogens (tertiary/aromatic N) is 4. The summed E-state index contributed by atoms with van der Waals surface area (Å²) < 4.78 is 0. The maximum absolute atomic E-state index is 11.9. The summed E-state index contributed by atoms with van der Waals surface area (Å²) in [4.78, 5) is 33.2. The number of benzene rings is 4. The van der Waals surface area contributed by atoms with E-state index < -0.39 is 5.97 Å². The molecular formula is C47H31N4O2Zn-. The Morgan fingerprint density at radius 1 is 0.593 bits per heavy atom. The van der Waals surface area contributed by atoms with Crippen LogP contribution in [0.3, 0.4) is 0 Å². The summed E-state index contributed by atoms with van der Waals surface area (Å²) in [6.45, 7) is 0. The molecule has 8 bridgehead atoms. The zero-order valence-electron chi connectivity index (χ0n) is 29.2. The van der Waals surface area contributed by atoms with Crippen LogP contribution in [0, 0.1) is 0 Å². The van der Waals surface area contributed by atoms with Crippen LogP contribution in [0.1, 0.15) is 39.6 Å². The number of hydrogen-bond donors (Lipinski definition) is 1. The van der Waals surface area contributed by atoms with E-state index in [-0.39, 0.29) is 25.4 Å². The van der Waals surface area contributed by atoms with Crippen LogP contribution in [0.5, 0.6) is 0 Å². The number of carboxylic acids is 1. The van der Waals surface area contributed by atoms with Gasteiger partial charge in [0.25, 0.3) is 0 Å². The predicted molar refractivity (Wildman–Crippen MR) is 213 cm³/mol. The third-order valence-electron chi connectivity index (χ3n) is 9.60. The van der Waals surface area contributed by atoms with Crippen LogP contribution in [-0.2, 0) is 24.3 Å². The third-order valence-corrected chi connectivity index (χ3v) is 9.60. The Kier molecular flexibility index (Phi) is 9.48. The van der Waals surface area contributed by atoms with Crippen molar-refractivity contribution in [2.75, 3.05) is 0 Å². The summed E-state index contributed by atoms with van der Waals surface area (Å²) in [5.41, 5.74) is 13.2. The summed E-state index contributed by atoms with van der Waals surface area (Å²) in [6.07, 6.45) is 12.9. The first-order valence-electron chi connectivity index (χ1n) is 17.4. The molecule has 4 aromatic carbocycles. The molecule has 0 aliphatic carbocycles. The van der Waals surface area contributed by atoms with Gasteiger partial charge in [-0.1, -0.05) is 133 Å². The van der Waals surface area contributed by atoms with Crippen molar-refractivity contribution in [3.63, 3.8) is 0 Å². The minimum absolute atomic E-state index is 0. The molecule has 1 unspecified atom stereocenters. The van der Waals surface area contributed by atoms with E-state index in [1.807, 2.05) is 109 Å². The average Bonchev–Trinajstić information content (AvgIpc) is 4.03. The van der Waals surface area contributed by atoms with Crippen molar-refractivity contribution in [2.24, 2.45) is 15.0 Å². The molecule has 0 saturated carbocycles. The average molecular weight is 749 g/mol. The number of aliphatic carboxylic acids is 1. The Morgan fingerprint density at radius 2 is 1.17 bits per heavy atom. The molecule has 4 aliphatic rings. The summed E-state index contributed by atoms with van der Waals surface area (Å²) in [6, 6.07) is 44.8. The number of allylic oxidation sites excluding steroid dienone is 8. The number of aliphatic imine (C=N–C) groups is 3. The number of fused-ring (bicyclic) bond motifs is 5. The molecule has 0 spiro atoms. The van der Waals surface area contributed by atoms with Gasteiger partial charge in [0.2, 0.25) is 0 Å². The Hall–Kier alpha value is -6.56. The van der Waals surface area contributed by atoms with Gasteiger partial charge in [-0.15, -0.1) is 11.4 Å². The number of rotatable bonds is 6. The van der Waals surface area contributed by atoms with Crippen LogP contribution in [0.15, 0.2) is 214 Å². The molecule has 5 heterocycles. The Balaban J connectivity index is 0.00000413. The number of carboxylic acid groups (broad SMARTS) is 1. The van der Waals surface area contributed by atoms with Crippen molar-refractivity contribution >= 4 is 39.8 Å². The van der Waals surface area contributed by atoms with Gasteiger partial charge in [0, 0.05) is 48.2 Å². The van der Waals surface area contributed by atoms with Crippen molar-refractivity contribution in [3.05, 3.63) is 232 Å². The smallest absolute Gasteiger partial charge is 0.328 e. The Labute approximate surface area is 325 Å². The van der Waals surface area contributed by atoms with E-state index in [9.17, 15) is 9.90 Å². The molecular weight excluding hydrogens is 718 g/mol. The first-order valence-corrected chi connectivity index (χ1v) is 17.4. The molecule has 0 amide bonds. The van der Waals surface area contributed by atoms with E-state index in [0.29, 0.717) is 22.7 Å². The molecule has 54 heavy (non-hydrogen) atoms. The van der Waals surface area contributed by atoms with Crippen LogP contribution < -0.4 is 4.98 Å². The molecule has 5 aromatic rings. The Morgan fingerprint density at radius 3 is 1.81 bits per heavy atom. The van der Waals surface area contributed by atoms with Gasteiger partial charge in [-0.3, -0.25) is 4.99 Å². The molecule has 4 aliphatic heterocycles. The van der Waals surface area contributed by atoms with Gasteiger partial charge >= 0.3 is 5.97 Å². The van der Waals surface area contributed by atoms with Gasteiger partial charge in [-0.25, -0.2) is 14.8 Å². The Bertz CT molecular complexity index is 2600. The molecule has 1 N–H and O–H groups in total. The first kappa shape index (κ1) is 34.5. The second-order valence-electron chi connectivity index (χ2n) is 12.9. The van der Waals surface area contributed by atoms with Crippen LogP contribution in [0.4, 0.5) is 0 Å². The fraction of sp³-hybridized carbons (Fsp3) is 0.0213. The topological polar surface area (TPSA) is 88.5 Å². The van der Waals surface area contributed by atoms with Crippen molar-refractivity contribution < 1.29 is 29.4 Å². The molecule has 0 radical (unpaired) electrons. The summed E-state index contributed by atoms with van der Waals surface area (Å²) in [7, 11) is 0. The largest absolute Gasteiger partial charge is 0.660 e. The summed E-state index contributed by atoms with van der Waals surface area (Å²) >= 11 is 0. The number of carbonyl (C=O) groups is 1. The molecule has 1 aromatic heterocycles. The molecule has 9 rings (SSSR count). The van der Waals surface area contributed by atoms with Gasteiger partial charge in [0.1, 0.15) is 0 Å². The second-order valence-corrected chi connectivity index (χ2v) is 12.9. The van der Waals surface area contributed by atoms with E-state index in [1.54, 1.807) is 6.08 Å².